The summed E-state index contributed by atoms with van der Waals surface area (Å²) in [6.45, 7) is 9.01. The average Bonchev–Trinajstić information content (AvgIpc) is 2.96. The number of carbonyl (C=O) groups is 1. The Morgan fingerprint density at radius 3 is 2.48 bits per heavy atom. The molecule has 2 aromatic carbocycles. The molecule has 4 rings (SSSR count). The Morgan fingerprint density at radius 2 is 1.86 bits per heavy atom. The summed E-state index contributed by atoms with van der Waals surface area (Å²) in [6.07, 6.45) is 3.33. The van der Waals surface area contributed by atoms with Crippen molar-refractivity contribution in [2.45, 2.75) is 38.0 Å². The predicted octanol–water partition coefficient (Wildman–Crippen LogP) is 5.84. The minimum atomic E-state index is -0.658. The largest absolute Gasteiger partial charge is 0.508 e. The van der Waals surface area contributed by atoms with Gasteiger partial charge in [0.25, 0.3) is 0 Å². The summed E-state index contributed by atoms with van der Waals surface area (Å²) in [5.74, 6) is 0.332. The summed E-state index contributed by atoms with van der Waals surface area (Å²) in [4.78, 5) is 13.0. The molecule has 29 heavy (non-hydrogen) atoms. The first kappa shape index (κ1) is 20.3. The summed E-state index contributed by atoms with van der Waals surface area (Å²) >= 11 is 12.8. The van der Waals surface area contributed by atoms with Crippen molar-refractivity contribution in [3.8, 4) is 5.75 Å². The van der Waals surface area contributed by atoms with Gasteiger partial charge in [0.15, 0.2) is 0 Å². The van der Waals surface area contributed by atoms with Crippen LogP contribution in [0, 0.1) is 10.8 Å². The van der Waals surface area contributed by atoms with Crippen LogP contribution < -0.4 is 5.32 Å². The van der Waals surface area contributed by atoms with Crippen LogP contribution in [0.3, 0.4) is 0 Å². The van der Waals surface area contributed by atoms with Crippen molar-refractivity contribution in [2.24, 2.45) is 10.8 Å². The van der Waals surface area contributed by atoms with Crippen LogP contribution in [0.2, 0.25) is 10.0 Å². The lowest BCUT2D eigenvalue weighted by atomic mass is 9.42. The molecule has 2 aromatic rings. The highest BCUT2D eigenvalue weighted by Gasteiger charge is 2.68. The molecule has 1 heterocycles. The summed E-state index contributed by atoms with van der Waals surface area (Å²) in [5.41, 5.74) is 0.571. The maximum absolute atomic E-state index is 13.0. The topological polar surface area (TPSA) is 49.3 Å². The van der Waals surface area contributed by atoms with E-state index in [0.717, 1.165) is 17.5 Å². The molecule has 2 fully saturated rings. The summed E-state index contributed by atoms with van der Waals surface area (Å²) in [6, 6.07) is 13.0. The molecule has 0 spiro atoms. The second-order valence-corrected chi connectivity index (χ2v) is 9.54. The lowest BCUT2D eigenvalue weighted by molar-refractivity contribution is -0.133. The third-order valence-corrected chi connectivity index (χ3v) is 8.38. The Kier molecular flexibility index (Phi) is 4.75. The third-order valence-electron chi connectivity index (χ3n) is 7.82. The van der Waals surface area contributed by atoms with Gasteiger partial charge in [0.1, 0.15) is 5.75 Å². The number of fused-ring (bicyclic) bond motifs is 1. The molecule has 0 bridgehead atoms. The first-order chi connectivity index (χ1) is 13.7. The van der Waals surface area contributed by atoms with Crippen molar-refractivity contribution in [1.82, 2.24) is 5.32 Å². The van der Waals surface area contributed by atoms with Gasteiger partial charge in [-0.3, -0.25) is 4.79 Å². The number of nitrogens with one attached hydrogen (secondary N) is 1. The molecular weight excluding hydrogens is 405 g/mol. The first-order valence-electron chi connectivity index (χ1n) is 9.86. The van der Waals surface area contributed by atoms with Gasteiger partial charge in [-0.2, -0.15) is 0 Å². The van der Waals surface area contributed by atoms with Gasteiger partial charge in [0.2, 0.25) is 5.91 Å². The van der Waals surface area contributed by atoms with E-state index >= 15 is 0 Å². The van der Waals surface area contributed by atoms with Crippen LogP contribution in [-0.2, 0) is 10.2 Å². The molecule has 0 aromatic heterocycles. The zero-order chi connectivity index (χ0) is 21.0. The van der Waals surface area contributed by atoms with E-state index in [1.807, 2.05) is 30.3 Å². The van der Waals surface area contributed by atoms with Gasteiger partial charge in [-0.05, 0) is 54.2 Å². The van der Waals surface area contributed by atoms with Crippen LogP contribution in [0.15, 0.2) is 55.1 Å². The van der Waals surface area contributed by atoms with E-state index in [4.69, 9.17) is 23.2 Å². The number of amides is 1. The van der Waals surface area contributed by atoms with Gasteiger partial charge in [0.05, 0.1) is 5.41 Å². The van der Waals surface area contributed by atoms with Gasteiger partial charge in [0, 0.05) is 27.4 Å². The monoisotopic (exact) mass is 429 g/mol. The molecule has 1 amide bonds. The number of phenolic OH excluding ortho intramolecular Hbond substituents is 1. The molecule has 152 valence electrons. The Labute approximate surface area is 181 Å². The number of aromatic hydroxyl groups is 1. The van der Waals surface area contributed by atoms with Crippen LogP contribution in [0.1, 0.15) is 43.7 Å². The van der Waals surface area contributed by atoms with E-state index in [2.05, 4.69) is 25.7 Å². The Morgan fingerprint density at radius 1 is 1.17 bits per heavy atom. The van der Waals surface area contributed by atoms with Crippen molar-refractivity contribution in [2.75, 3.05) is 6.54 Å². The minimum absolute atomic E-state index is 0.0423. The van der Waals surface area contributed by atoms with E-state index in [-0.39, 0.29) is 17.6 Å². The van der Waals surface area contributed by atoms with Crippen LogP contribution in [0.5, 0.6) is 5.75 Å². The summed E-state index contributed by atoms with van der Waals surface area (Å²) < 4.78 is 0. The molecule has 0 radical (unpaired) electrons. The fraction of sp³-hybridized carbons (Fsp3) is 0.375. The van der Waals surface area contributed by atoms with Gasteiger partial charge < -0.3 is 10.4 Å². The van der Waals surface area contributed by atoms with E-state index in [0.29, 0.717) is 23.0 Å². The number of carbonyl (C=O) groups excluding carboxylic acids is 1. The fourth-order valence-corrected chi connectivity index (χ4v) is 6.44. The molecule has 0 unspecified atom stereocenters. The lowest BCUT2D eigenvalue weighted by Crippen LogP contribution is -2.59. The molecule has 3 nitrogen and oxygen atoms in total. The standard InChI is InChI=1S/C24H25Cl2NO2/c1-4-24-12-11-19(18-10-7-16(25)13-20(18)26)23(3,15-5-8-17(28)9-6-15)22(24,2)14-27-21(24)29/h4-10,13,19,28H,1,11-12,14H2,2-3H3,(H,27,29)/t19-,22-,23-,24-/m0/s1. The fourth-order valence-electron chi connectivity index (χ4n) is 5.90. The summed E-state index contributed by atoms with van der Waals surface area (Å²) in [5, 5.41) is 14.2. The van der Waals surface area contributed by atoms with E-state index in [9.17, 15) is 9.90 Å². The Balaban J connectivity index is 1.99. The molecule has 2 N–H and O–H groups in total. The first-order valence-corrected chi connectivity index (χ1v) is 10.6. The molecular formula is C24H25Cl2NO2. The molecule has 1 aliphatic heterocycles. The number of rotatable bonds is 3. The molecule has 1 aliphatic carbocycles. The molecule has 1 saturated heterocycles. The Hall–Kier alpha value is -1.97. The lowest BCUT2D eigenvalue weighted by Gasteiger charge is -2.59. The zero-order valence-electron chi connectivity index (χ0n) is 16.6. The maximum atomic E-state index is 13.0. The SMILES string of the molecule is C=C[C@@]12CC[C@@H](c3ccc(Cl)cc3Cl)[C@](C)(c3ccc(O)cc3)[C@]1(C)CNC2=O. The van der Waals surface area contributed by atoms with Gasteiger partial charge in [-0.25, -0.2) is 0 Å². The second-order valence-electron chi connectivity index (χ2n) is 8.70. The van der Waals surface area contributed by atoms with Gasteiger partial charge in [-0.15, -0.1) is 6.58 Å². The Bertz CT molecular complexity index is 989. The molecule has 5 heteroatoms. The normalized spacial score (nSPS) is 33.8. The van der Waals surface area contributed by atoms with Crippen molar-refractivity contribution in [3.63, 3.8) is 0 Å². The van der Waals surface area contributed by atoms with Crippen molar-refractivity contribution in [1.29, 1.82) is 0 Å². The number of halogens is 2. The smallest absolute Gasteiger partial charge is 0.230 e. The zero-order valence-corrected chi connectivity index (χ0v) is 18.1. The molecule has 4 atom stereocenters. The second kappa shape index (κ2) is 6.78. The number of hydrogen-bond acceptors (Lipinski definition) is 2. The van der Waals surface area contributed by atoms with E-state index < -0.39 is 16.2 Å². The minimum Gasteiger partial charge on any atom is -0.508 e. The quantitative estimate of drug-likeness (QED) is 0.601. The van der Waals surface area contributed by atoms with Crippen LogP contribution >= 0.6 is 23.2 Å². The van der Waals surface area contributed by atoms with Crippen molar-refractivity contribution in [3.05, 3.63) is 76.3 Å². The van der Waals surface area contributed by atoms with Crippen LogP contribution in [-0.4, -0.2) is 17.6 Å². The summed E-state index contributed by atoms with van der Waals surface area (Å²) in [7, 11) is 0. The average molecular weight is 430 g/mol. The molecule has 2 aliphatic rings. The highest BCUT2D eigenvalue weighted by molar-refractivity contribution is 6.35. The highest BCUT2D eigenvalue weighted by atomic mass is 35.5. The van der Waals surface area contributed by atoms with Gasteiger partial charge in [-0.1, -0.05) is 61.3 Å². The predicted molar refractivity (Wildman–Crippen MR) is 118 cm³/mol. The number of benzene rings is 2. The number of phenols is 1. The van der Waals surface area contributed by atoms with E-state index in [1.54, 1.807) is 18.2 Å². The van der Waals surface area contributed by atoms with Gasteiger partial charge >= 0.3 is 0 Å². The third kappa shape index (κ3) is 2.60. The van der Waals surface area contributed by atoms with Crippen LogP contribution in [0.25, 0.3) is 0 Å². The maximum Gasteiger partial charge on any atom is 0.230 e. The number of hydrogen-bond donors (Lipinski definition) is 2. The van der Waals surface area contributed by atoms with Crippen LogP contribution in [0.4, 0.5) is 0 Å². The van der Waals surface area contributed by atoms with Crippen molar-refractivity contribution >= 4 is 29.1 Å². The molecule has 1 saturated carbocycles. The highest BCUT2D eigenvalue weighted by Crippen LogP contribution is 2.68. The van der Waals surface area contributed by atoms with E-state index in [1.165, 1.54) is 0 Å². The van der Waals surface area contributed by atoms with Crippen molar-refractivity contribution < 1.29 is 9.90 Å².